The van der Waals surface area contributed by atoms with Gasteiger partial charge in [-0.2, -0.15) is 0 Å². The van der Waals surface area contributed by atoms with E-state index in [1.807, 2.05) is 0 Å². The summed E-state index contributed by atoms with van der Waals surface area (Å²) in [6.07, 6.45) is 4.15. The molecule has 3 heteroatoms. The Kier molecular flexibility index (Phi) is 5.49. The molecule has 0 aromatic heterocycles. The third kappa shape index (κ3) is 4.44. The molecule has 2 rings (SSSR count). The molecule has 3 nitrogen and oxygen atoms in total. The van der Waals surface area contributed by atoms with Crippen LogP contribution in [0.4, 0.5) is 0 Å². The lowest BCUT2D eigenvalue weighted by atomic mass is 9.80. The molecule has 1 heterocycles. The van der Waals surface area contributed by atoms with Crippen LogP contribution in [0, 0.1) is 11.8 Å². The third-order valence-electron chi connectivity index (χ3n) is 5.36. The van der Waals surface area contributed by atoms with E-state index >= 15 is 0 Å². The van der Waals surface area contributed by atoms with Gasteiger partial charge in [0.25, 0.3) is 0 Å². The molecule has 1 N–H and O–H groups in total. The molecule has 1 saturated heterocycles. The quantitative estimate of drug-likeness (QED) is 0.854. The second-order valence-electron chi connectivity index (χ2n) is 8.10. The lowest BCUT2D eigenvalue weighted by molar-refractivity contribution is 0.0576. The molecular weight excluding hydrogens is 246 g/mol. The van der Waals surface area contributed by atoms with Crippen LogP contribution < -0.4 is 5.32 Å². The van der Waals surface area contributed by atoms with E-state index in [1.165, 1.54) is 45.4 Å². The van der Waals surface area contributed by atoms with E-state index in [-0.39, 0.29) is 5.54 Å². The number of likely N-dealkylation sites (N-methyl/N-ethyl adjacent to an activating group) is 1. The molecule has 0 bridgehead atoms. The summed E-state index contributed by atoms with van der Waals surface area (Å²) in [6.45, 7) is 15.6. The monoisotopic (exact) mass is 281 g/mol. The molecule has 0 spiro atoms. The fourth-order valence-electron chi connectivity index (χ4n) is 4.03. The van der Waals surface area contributed by atoms with E-state index in [1.54, 1.807) is 0 Å². The van der Waals surface area contributed by atoms with Crippen LogP contribution in [0.15, 0.2) is 0 Å². The summed E-state index contributed by atoms with van der Waals surface area (Å²) < 4.78 is 0. The van der Waals surface area contributed by atoms with Gasteiger partial charge in [-0.1, -0.05) is 13.8 Å². The molecule has 1 saturated carbocycles. The van der Waals surface area contributed by atoms with Crippen molar-refractivity contribution in [1.82, 2.24) is 15.1 Å². The van der Waals surface area contributed by atoms with E-state index < -0.39 is 0 Å². The zero-order valence-electron chi connectivity index (χ0n) is 14.3. The number of nitrogens with zero attached hydrogens (tertiary/aromatic N) is 2. The van der Waals surface area contributed by atoms with Gasteiger partial charge in [0.1, 0.15) is 0 Å². The van der Waals surface area contributed by atoms with Crippen LogP contribution in [0.3, 0.4) is 0 Å². The van der Waals surface area contributed by atoms with Crippen molar-refractivity contribution in [1.29, 1.82) is 0 Å². The number of rotatable bonds is 4. The second kappa shape index (κ2) is 6.76. The molecular formula is C17H35N3. The van der Waals surface area contributed by atoms with Crippen LogP contribution in [-0.4, -0.2) is 61.2 Å². The Morgan fingerprint density at radius 1 is 0.950 bits per heavy atom. The molecule has 2 fully saturated rings. The molecule has 1 aliphatic carbocycles. The minimum Gasteiger partial charge on any atom is -0.312 e. The predicted molar refractivity (Wildman–Crippen MR) is 87.1 cm³/mol. The number of hydrogen-bond donors (Lipinski definition) is 1. The Labute approximate surface area is 126 Å². The Morgan fingerprint density at radius 2 is 1.50 bits per heavy atom. The van der Waals surface area contributed by atoms with Crippen molar-refractivity contribution >= 4 is 0 Å². The van der Waals surface area contributed by atoms with Crippen molar-refractivity contribution in [2.45, 2.75) is 58.5 Å². The molecule has 0 aromatic carbocycles. The van der Waals surface area contributed by atoms with Gasteiger partial charge in [0.05, 0.1) is 0 Å². The lowest BCUT2D eigenvalue weighted by Crippen LogP contribution is -2.58. The number of piperazine rings is 1. The van der Waals surface area contributed by atoms with Gasteiger partial charge in [-0.05, 0) is 52.0 Å². The molecule has 20 heavy (non-hydrogen) atoms. The average Bonchev–Trinajstić information content (AvgIpc) is 2.36. The van der Waals surface area contributed by atoms with Crippen molar-refractivity contribution < 1.29 is 0 Å². The first-order chi connectivity index (χ1) is 9.37. The molecule has 1 aliphatic heterocycles. The average molecular weight is 281 g/mol. The summed E-state index contributed by atoms with van der Waals surface area (Å²) in [5.74, 6) is 1.78. The lowest BCUT2D eigenvalue weighted by Gasteiger charge is -2.44. The van der Waals surface area contributed by atoms with E-state index in [2.05, 4.69) is 49.9 Å². The van der Waals surface area contributed by atoms with Gasteiger partial charge < -0.3 is 10.2 Å². The van der Waals surface area contributed by atoms with Crippen molar-refractivity contribution in [3.63, 3.8) is 0 Å². The summed E-state index contributed by atoms with van der Waals surface area (Å²) in [4.78, 5) is 5.10. The predicted octanol–water partition coefficient (Wildman–Crippen LogP) is 2.43. The van der Waals surface area contributed by atoms with Gasteiger partial charge in [-0.25, -0.2) is 0 Å². The fourth-order valence-corrected chi connectivity index (χ4v) is 4.03. The van der Waals surface area contributed by atoms with Gasteiger partial charge >= 0.3 is 0 Å². The Hall–Kier alpha value is -0.120. The van der Waals surface area contributed by atoms with Crippen molar-refractivity contribution in [2.75, 3.05) is 39.8 Å². The highest BCUT2D eigenvalue weighted by molar-refractivity contribution is 4.89. The second-order valence-corrected chi connectivity index (χ2v) is 8.10. The Balaban J connectivity index is 1.79. The van der Waals surface area contributed by atoms with Crippen molar-refractivity contribution in [3.05, 3.63) is 0 Å². The molecule has 0 radical (unpaired) electrons. The maximum Gasteiger partial charge on any atom is 0.0278 e. The van der Waals surface area contributed by atoms with Gasteiger partial charge in [-0.3, -0.25) is 4.90 Å². The minimum atomic E-state index is 0.283. The first-order valence-corrected chi connectivity index (χ1v) is 8.54. The van der Waals surface area contributed by atoms with Crippen molar-refractivity contribution in [3.8, 4) is 0 Å². The minimum absolute atomic E-state index is 0.283. The number of nitrogens with one attached hydrogen (secondary N) is 1. The van der Waals surface area contributed by atoms with Crippen molar-refractivity contribution in [2.24, 2.45) is 11.8 Å². The van der Waals surface area contributed by atoms with E-state index in [9.17, 15) is 0 Å². The van der Waals surface area contributed by atoms with Gasteiger partial charge in [0, 0.05) is 44.3 Å². The first-order valence-electron chi connectivity index (χ1n) is 8.54. The zero-order valence-corrected chi connectivity index (χ0v) is 14.3. The Morgan fingerprint density at radius 3 is 2.05 bits per heavy atom. The zero-order chi connectivity index (χ0) is 14.8. The standard InChI is InChI=1S/C17H35N3/c1-14-10-15(2)12-16(11-14)18-13-17(3,4)20-8-6-19(5)7-9-20/h14-16,18H,6-13H2,1-5H3. The van der Waals surface area contributed by atoms with Crippen LogP contribution in [0.25, 0.3) is 0 Å². The molecule has 0 aromatic rings. The van der Waals surface area contributed by atoms with Crippen LogP contribution in [0.1, 0.15) is 47.0 Å². The summed E-state index contributed by atoms with van der Waals surface area (Å²) in [7, 11) is 2.23. The SMILES string of the molecule is CC1CC(C)CC(NCC(C)(C)N2CCN(C)CC2)C1. The smallest absolute Gasteiger partial charge is 0.0278 e. The largest absolute Gasteiger partial charge is 0.312 e. The molecule has 118 valence electrons. The van der Waals surface area contributed by atoms with Crippen LogP contribution >= 0.6 is 0 Å². The number of hydrogen-bond acceptors (Lipinski definition) is 3. The van der Waals surface area contributed by atoms with E-state index in [0.717, 1.165) is 24.4 Å². The maximum absolute atomic E-state index is 3.88. The van der Waals surface area contributed by atoms with Gasteiger partial charge in [0.2, 0.25) is 0 Å². The van der Waals surface area contributed by atoms with E-state index in [0.29, 0.717) is 0 Å². The Bertz CT molecular complexity index is 285. The summed E-state index contributed by atoms with van der Waals surface area (Å²) in [6, 6.07) is 0.737. The molecule has 2 aliphatic rings. The normalized spacial score (nSPS) is 34.4. The van der Waals surface area contributed by atoms with Crippen LogP contribution in [-0.2, 0) is 0 Å². The van der Waals surface area contributed by atoms with Gasteiger partial charge in [-0.15, -0.1) is 0 Å². The topological polar surface area (TPSA) is 18.5 Å². The van der Waals surface area contributed by atoms with Gasteiger partial charge in [0.15, 0.2) is 0 Å². The van der Waals surface area contributed by atoms with Crippen LogP contribution in [0.2, 0.25) is 0 Å². The van der Waals surface area contributed by atoms with E-state index in [4.69, 9.17) is 0 Å². The van der Waals surface area contributed by atoms with Crippen LogP contribution in [0.5, 0.6) is 0 Å². The summed E-state index contributed by atoms with van der Waals surface area (Å²) >= 11 is 0. The fraction of sp³-hybridized carbons (Fsp3) is 1.00. The maximum atomic E-state index is 3.88. The highest BCUT2D eigenvalue weighted by atomic mass is 15.3. The highest BCUT2D eigenvalue weighted by Crippen LogP contribution is 2.29. The molecule has 2 atom stereocenters. The highest BCUT2D eigenvalue weighted by Gasteiger charge is 2.31. The first kappa shape index (κ1) is 16.3. The summed E-state index contributed by atoms with van der Waals surface area (Å²) in [5.41, 5.74) is 0.283. The molecule has 0 amide bonds. The third-order valence-corrected chi connectivity index (χ3v) is 5.36. The molecule has 2 unspecified atom stereocenters. The summed E-state index contributed by atoms with van der Waals surface area (Å²) in [5, 5.41) is 3.88.